The van der Waals surface area contributed by atoms with E-state index in [1.165, 1.54) is 0 Å². The second-order valence-corrected chi connectivity index (χ2v) is 9.88. The minimum absolute atomic E-state index is 0.167. The van der Waals surface area contributed by atoms with Crippen LogP contribution < -0.4 is 15.4 Å². The summed E-state index contributed by atoms with van der Waals surface area (Å²) in [5, 5.41) is 1.26. The van der Waals surface area contributed by atoms with Crippen molar-refractivity contribution in [3.05, 3.63) is 64.3 Å². The molecule has 0 saturated carbocycles. The highest BCUT2D eigenvalue weighted by molar-refractivity contribution is 6.34. The molecule has 9 nitrogen and oxygen atoms in total. The molecule has 0 aromatic carbocycles. The number of aromatic nitrogens is 5. The Morgan fingerprint density at radius 3 is 2.62 bits per heavy atom. The van der Waals surface area contributed by atoms with Crippen LogP contribution in [0, 0.1) is 13.8 Å². The number of nitrogens with zero attached hydrogens (tertiary/aromatic N) is 7. The van der Waals surface area contributed by atoms with E-state index in [9.17, 15) is 0 Å². The van der Waals surface area contributed by atoms with Crippen molar-refractivity contribution in [1.82, 2.24) is 29.4 Å². The van der Waals surface area contributed by atoms with Crippen molar-refractivity contribution in [1.29, 1.82) is 0 Å². The monoisotopic (exact) mass is 520 g/mol. The third kappa shape index (κ3) is 5.33. The van der Waals surface area contributed by atoms with E-state index < -0.39 is 0 Å². The summed E-state index contributed by atoms with van der Waals surface area (Å²) in [6, 6.07) is 6.08. The van der Waals surface area contributed by atoms with Gasteiger partial charge in [0.05, 0.1) is 24.7 Å². The second kappa shape index (κ2) is 10.9. The molecule has 194 valence electrons. The lowest BCUT2D eigenvalue weighted by atomic mass is 10.1. The first-order valence-corrected chi connectivity index (χ1v) is 13.0. The van der Waals surface area contributed by atoms with E-state index in [4.69, 9.17) is 22.1 Å². The van der Waals surface area contributed by atoms with Gasteiger partial charge in [0.2, 0.25) is 5.95 Å². The molecule has 1 aliphatic heterocycles. The van der Waals surface area contributed by atoms with Crippen molar-refractivity contribution in [2.45, 2.75) is 33.2 Å². The van der Waals surface area contributed by atoms with E-state index in [-0.39, 0.29) is 5.95 Å². The highest BCUT2D eigenvalue weighted by Crippen LogP contribution is 2.30. The Labute approximate surface area is 222 Å². The van der Waals surface area contributed by atoms with Gasteiger partial charge < -0.3 is 19.9 Å². The fourth-order valence-corrected chi connectivity index (χ4v) is 5.46. The Kier molecular flexibility index (Phi) is 7.43. The van der Waals surface area contributed by atoms with E-state index in [0.29, 0.717) is 11.7 Å². The molecule has 2 N–H and O–H groups in total. The van der Waals surface area contributed by atoms with Crippen LogP contribution in [-0.2, 0) is 13.0 Å². The van der Waals surface area contributed by atoms with E-state index in [0.717, 1.165) is 90.6 Å². The molecule has 1 aliphatic rings. The number of anilines is 2. The van der Waals surface area contributed by atoms with E-state index in [1.54, 1.807) is 7.11 Å². The molecule has 0 amide bonds. The van der Waals surface area contributed by atoms with E-state index in [2.05, 4.69) is 46.6 Å². The van der Waals surface area contributed by atoms with Crippen LogP contribution in [0.4, 0.5) is 11.8 Å². The minimum Gasteiger partial charge on any atom is -0.496 e. The number of nitrogens with two attached hydrogens (primary N) is 1. The van der Waals surface area contributed by atoms with Gasteiger partial charge in [0.1, 0.15) is 22.4 Å². The van der Waals surface area contributed by atoms with Gasteiger partial charge in [-0.15, -0.1) is 0 Å². The molecule has 0 unspecified atom stereocenters. The molecule has 10 heteroatoms. The van der Waals surface area contributed by atoms with Crippen molar-refractivity contribution < 1.29 is 4.74 Å². The van der Waals surface area contributed by atoms with Crippen LogP contribution in [0.3, 0.4) is 0 Å². The molecule has 0 spiro atoms. The lowest BCUT2D eigenvalue weighted by Crippen LogP contribution is -2.46. The number of piperazine rings is 1. The first kappa shape index (κ1) is 25.2. The van der Waals surface area contributed by atoms with Crippen LogP contribution in [0.1, 0.15) is 28.8 Å². The number of hydrogen-bond donors (Lipinski definition) is 1. The highest BCUT2D eigenvalue weighted by atomic mass is 35.5. The number of rotatable bonds is 8. The van der Waals surface area contributed by atoms with Gasteiger partial charge in [-0.1, -0.05) is 17.7 Å². The minimum atomic E-state index is 0.167. The SMILES string of the molecule is COc1c(C)cnc(Cn2cc(CCCN3CCN(c4ccccn4)CC3)c3c(Cl)nc(N)nc32)c1C. The predicted octanol–water partition coefficient (Wildman–Crippen LogP) is 3.89. The molecule has 0 atom stereocenters. The Bertz CT molecular complexity index is 1380. The number of aryl methyl sites for hydroxylation is 2. The number of ether oxygens (including phenoxy) is 1. The van der Waals surface area contributed by atoms with Crippen molar-refractivity contribution in [3.63, 3.8) is 0 Å². The Morgan fingerprint density at radius 2 is 1.89 bits per heavy atom. The number of pyridine rings is 2. The van der Waals surface area contributed by atoms with Crippen LogP contribution in [0.25, 0.3) is 11.0 Å². The number of fused-ring (bicyclic) bond motifs is 1. The first-order chi connectivity index (χ1) is 17.9. The summed E-state index contributed by atoms with van der Waals surface area (Å²) < 4.78 is 7.67. The lowest BCUT2D eigenvalue weighted by molar-refractivity contribution is 0.254. The summed E-state index contributed by atoms with van der Waals surface area (Å²) in [6.45, 7) is 9.62. The number of nitrogen functional groups attached to an aromatic ring is 1. The Morgan fingerprint density at radius 1 is 1.08 bits per heavy atom. The number of methoxy groups -OCH3 is 1. The quantitative estimate of drug-likeness (QED) is 0.349. The van der Waals surface area contributed by atoms with Gasteiger partial charge in [-0.25, -0.2) is 9.97 Å². The molecule has 0 radical (unpaired) electrons. The van der Waals surface area contributed by atoms with Gasteiger partial charge >= 0.3 is 0 Å². The second-order valence-electron chi connectivity index (χ2n) is 9.52. The molecule has 37 heavy (non-hydrogen) atoms. The summed E-state index contributed by atoms with van der Waals surface area (Å²) >= 11 is 6.58. The Hall–Kier alpha value is -3.43. The molecule has 5 rings (SSSR count). The molecule has 0 aliphatic carbocycles. The van der Waals surface area contributed by atoms with Gasteiger partial charge in [-0.05, 0) is 50.9 Å². The van der Waals surface area contributed by atoms with Crippen LogP contribution in [-0.4, -0.2) is 69.2 Å². The normalized spacial score (nSPS) is 14.4. The molecule has 4 aromatic rings. The van der Waals surface area contributed by atoms with Crippen molar-refractivity contribution in [3.8, 4) is 5.75 Å². The molecular weight excluding hydrogens is 488 g/mol. The zero-order valence-corrected chi connectivity index (χ0v) is 22.4. The average molecular weight is 521 g/mol. The summed E-state index contributed by atoms with van der Waals surface area (Å²) in [5.74, 6) is 2.08. The third-order valence-electron chi connectivity index (χ3n) is 7.10. The van der Waals surface area contributed by atoms with Gasteiger partial charge in [0, 0.05) is 55.9 Å². The molecule has 1 fully saturated rings. The molecule has 0 bridgehead atoms. The molecule has 4 aromatic heterocycles. The maximum absolute atomic E-state index is 6.58. The van der Waals surface area contributed by atoms with E-state index >= 15 is 0 Å². The standard InChI is InChI=1S/C27H33ClN8O/c1-18-15-31-21(19(2)24(18)37-3)17-36-16-20(23-25(28)32-27(29)33-26(23)36)7-6-10-34-11-13-35(14-12-34)22-8-4-5-9-30-22/h4-5,8-9,15-16H,6-7,10-14,17H2,1-3H3,(H2,29,32,33). The van der Waals surface area contributed by atoms with Crippen LogP contribution in [0.2, 0.25) is 5.15 Å². The maximum Gasteiger partial charge on any atom is 0.223 e. The number of hydrogen-bond acceptors (Lipinski definition) is 8. The summed E-state index contributed by atoms with van der Waals surface area (Å²) in [7, 11) is 1.69. The highest BCUT2D eigenvalue weighted by Gasteiger charge is 2.20. The average Bonchev–Trinajstić information content (AvgIpc) is 3.24. The van der Waals surface area contributed by atoms with E-state index in [1.807, 2.05) is 38.4 Å². The van der Waals surface area contributed by atoms with Crippen molar-refractivity contribution in [2.75, 3.05) is 50.5 Å². The van der Waals surface area contributed by atoms with Crippen LogP contribution >= 0.6 is 11.6 Å². The zero-order valence-electron chi connectivity index (χ0n) is 21.6. The summed E-state index contributed by atoms with van der Waals surface area (Å²) in [4.78, 5) is 22.8. The van der Waals surface area contributed by atoms with Crippen molar-refractivity contribution in [2.24, 2.45) is 0 Å². The maximum atomic E-state index is 6.58. The molecule has 5 heterocycles. The van der Waals surface area contributed by atoms with Gasteiger partial charge in [0.15, 0.2) is 0 Å². The summed E-state index contributed by atoms with van der Waals surface area (Å²) in [5.41, 5.74) is 10.8. The predicted molar refractivity (Wildman–Crippen MR) is 148 cm³/mol. The fraction of sp³-hybridized carbons (Fsp3) is 0.407. The van der Waals surface area contributed by atoms with Crippen LogP contribution in [0.15, 0.2) is 36.8 Å². The first-order valence-electron chi connectivity index (χ1n) is 12.6. The van der Waals surface area contributed by atoms with Gasteiger partial charge in [-0.3, -0.25) is 9.88 Å². The summed E-state index contributed by atoms with van der Waals surface area (Å²) in [6.07, 6.45) is 7.71. The fourth-order valence-electron chi connectivity index (χ4n) is 5.17. The largest absolute Gasteiger partial charge is 0.496 e. The van der Waals surface area contributed by atoms with Crippen molar-refractivity contribution >= 4 is 34.4 Å². The zero-order chi connectivity index (χ0) is 25.9. The lowest BCUT2D eigenvalue weighted by Gasteiger charge is -2.35. The third-order valence-corrected chi connectivity index (χ3v) is 7.38. The Balaban J connectivity index is 1.29. The van der Waals surface area contributed by atoms with Gasteiger partial charge in [0.25, 0.3) is 0 Å². The molecule has 1 saturated heterocycles. The topological polar surface area (TPSA) is 98.2 Å². The van der Waals surface area contributed by atoms with Crippen LogP contribution in [0.5, 0.6) is 5.75 Å². The molecular formula is C27H33ClN8O. The van der Waals surface area contributed by atoms with Gasteiger partial charge in [-0.2, -0.15) is 4.98 Å². The smallest absolute Gasteiger partial charge is 0.223 e. The number of halogens is 1.